The van der Waals surface area contributed by atoms with Crippen LogP contribution in [0.2, 0.25) is 0 Å². The number of ether oxygens (including phenoxy) is 1. The van der Waals surface area contributed by atoms with Gasteiger partial charge in [-0.2, -0.15) is 0 Å². The minimum absolute atomic E-state index is 0.0147. The molecule has 2 rings (SSSR count). The second-order valence-corrected chi connectivity index (χ2v) is 6.31. The smallest absolute Gasteiger partial charge is 0.225 e. The zero-order chi connectivity index (χ0) is 15.2. The maximum atomic E-state index is 11.9. The van der Waals surface area contributed by atoms with E-state index in [1.54, 1.807) is 11.3 Å². The zero-order valence-corrected chi connectivity index (χ0v) is 13.5. The lowest BCUT2D eigenvalue weighted by Gasteiger charge is -2.15. The molecule has 3 nitrogen and oxygen atoms in total. The first-order valence-electron chi connectivity index (χ1n) is 7.06. The fourth-order valence-corrected chi connectivity index (χ4v) is 2.67. The van der Waals surface area contributed by atoms with Crippen LogP contribution in [0.1, 0.15) is 22.9 Å². The lowest BCUT2D eigenvalue weighted by molar-refractivity contribution is -0.121. The van der Waals surface area contributed by atoms with E-state index in [2.05, 4.69) is 19.2 Å². The number of rotatable bonds is 6. The van der Waals surface area contributed by atoms with Gasteiger partial charge in [0, 0.05) is 4.88 Å². The minimum Gasteiger partial charge on any atom is -0.491 e. The second kappa shape index (κ2) is 7.27. The number of carbonyl (C=O) groups is 1. The molecule has 1 heterocycles. The van der Waals surface area contributed by atoms with Crippen LogP contribution in [-0.2, 0) is 11.2 Å². The van der Waals surface area contributed by atoms with Gasteiger partial charge in [-0.25, -0.2) is 0 Å². The first kappa shape index (κ1) is 15.6. The van der Waals surface area contributed by atoms with E-state index < -0.39 is 0 Å². The van der Waals surface area contributed by atoms with Crippen LogP contribution in [0.5, 0.6) is 5.75 Å². The quantitative estimate of drug-likeness (QED) is 0.887. The molecule has 0 aliphatic rings. The summed E-state index contributed by atoms with van der Waals surface area (Å²) in [6.07, 6.45) is 0.436. The summed E-state index contributed by atoms with van der Waals surface area (Å²) in [5.41, 5.74) is 2.46. The van der Waals surface area contributed by atoms with Crippen LogP contribution in [0.3, 0.4) is 0 Å². The summed E-state index contributed by atoms with van der Waals surface area (Å²) in [5, 5.41) is 4.94. The largest absolute Gasteiger partial charge is 0.491 e. The number of aryl methyl sites for hydroxylation is 2. The highest BCUT2D eigenvalue weighted by Gasteiger charge is 2.09. The molecule has 1 atom stereocenters. The molecule has 0 radical (unpaired) electrons. The standard InChI is InChI=1S/C17H21NO2S/c1-12-6-7-15(9-13(12)2)20-11-14(3)18-17(19)10-16-5-4-8-21-16/h4-9,14H,10-11H2,1-3H3,(H,18,19)/t14-/m1/s1. The predicted molar refractivity (Wildman–Crippen MR) is 87.0 cm³/mol. The third kappa shape index (κ3) is 4.90. The van der Waals surface area contributed by atoms with Gasteiger partial charge in [0.2, 0.25) is 5.91 Å². The number of benzene rings is 1. The van der Waals surface area contributed by atoms with E-state index in [1.807, 2.05) is 42.6 Å². The molecule has 1 amide bonds. The third-order valence-corrected chi connectivity index (χ3v) is 4.18. The molecule has 0 aliphatic heterocycles. The van der Waals surface area contributed by atoms with Crippen molar-refractivity contribution in [3.05, 3.63) is 51.7 Å². The topological polar surface area (TPSA) is 38.3 Å². The molecule has 4 heteroatoms. The van der Waals surface area contributed by atoms with Crippen LogP contribution in [0.15, 0.2) is 35.7 Å². The summed E-state index contributed by atoms with van der Waals surface area (Å²) in [4.78, 5) is 12.9. The maximum absolute atomic E-state index is 11.9. The van der Waals surface area contributed by atoms with Crippen LogP contribution in [0.25, 0.3) is 0 Å². The van der Waals surface area contributed by atoms with Crippen LogP contribution < -0.4 is 10.1 Å². The Kier molecular flexibility index (Phi) is 5.39. The molecule has 0 saturated heterocycles. The van der Waals surface area contributed by atoms with Crippen molar-refractivity contribution in [2.45, 2.75) is 33.2 Å². The van der Waals surface area contributed by atoms with E-state index in [4.69, 9.17) is 4.74 Å². The highest BCUT2D eigenvalue weighted by atomic mass is 32.1. The number of hydrogen-bond acceptors (Lipinski definition) is 3. The molecule has 1 N–H and O–H groups in total. The van der Waals surface area contributed by atoms with Crippen LogP contribution in [0.4, 0.5) is 0 Å². The van der Waals surface area contributed by atoms with Gasteiger partial charge in [0.05, 0.1) is 12.5 Å². The number of amides is 1. The Morgan fingerprint density at radius 2 is 2.10 bits per heavy atom. The molecule has 0 unspecified atom stereocenters. The predicted octanol–water partition coefficient (Wildman–Crippen LogP) is 3.49. The minimum atomic E-state index is -0.0147. The Bertz CT molecular complexity index is 593. The molecule has 2 aromatic rings. The molecule has 1 aromatic carbocycles. The number of nitrogens with one attached hydrogen (secondary N) is 1. The molecule has 0 fully saturated rings. The van der Waals surface area contributed by atoms with E-state index in [0.717, 1.165) is 10.6 Å². The summed E-state index contributed by atoms with van der Waals surface area (Å²) >= 11 is 1.60. The van der Waals surface area contributed by atoms with Crippen LogP contribution in [-0.4, -0.2) is 18.6 Å². The number of thiophene rings is 1. The van der Waals surface area contributed by atoms with Crippen molar-refractivity contribution >= 4 is 17.2 Å². The average Bonchev–Trinajstić information content (AvgIpc) is 2.92. The molecule has 0 spiro atoms. The second-order valence-electron chi connectivity index (χ2n) is 5.28. The van der Waals surface area contributed by atoms with Gasteiger partial charge in [-0.3, -0.25) is 4.79 Å². The van der Waals surface area contributed by atoms with E-state index in [9.17, 15) is 4.79 Å². The van der Waals surface area contributed by atoms with E-state index >= 15 is 0 Å². The maximum Gasteiger partial charge on any atom is 0.225 e. The first-order chi connectivity index (χ1) is 10.0. The van der Waals surface area contributed by atoms with E-state index in [1.165, 1.54) is 11.1 Å². The molecule has 21 heavy (non-hydrogen) atoms. The van der Waals surface area contributed by atoms with Gasteiger partial charge >= 0.3 is 0 Å². The van der Waals surface area contributed by atoms with Gasteiger partial charge < -0.3 is 10.1 Å². The van der Waals surface area contributed by atoms with Crippen LogP contribution >= 0.6 is 11.3 Å². The van der Waals surface area contributed by atoms with Gasteiger partial charge in [-0.05, 0) is 55.5 Å². The SMILES string of the molecule is Cc1ccc(OC[C@@H](C)NC(=O)Cc2cccs2)cc1C. The Morgan fingerprint density at radius 1 is 1.29 bits per heavy atom. The fraction of sp³-hybridized carbons (Fsp3) is 0.353. The van der Waals surface area contributed by atoms with Gasteiger partial charge in [0.15, 0.2) is 0 Å². The van der Waals surface area contributed by atoms with E-state index in [-0.39, 0.29) is 11.9 Å². The lowest BCUT2D eigenvalue weighted by atomic mass is 10.1. The fourth-order valence-electron chi connectivity index (χ4n) is 1.96. The molecular weight excluding hydrogens is 282 g/mol. The molecular formula is C17H21NO2S. The van der Waals surface area contributed by atoms with Crippen LogP contribution in [0, 0.1) is 13.8 Å². The molecule has 0 aliphatic carbocycles. The summed E-state index contributed by atoms with van der Waals surface area (Å²) in [6, 6.07) is 9.95. The molecule has 112 valence electrons. The first-order valence-corrected chi connectivity index (χ1v) is 7.94. The molecule has 0 saturated carbocycles. The normalized spacial score (nSPS) is 12.0. The Balaban J connectivity index is 1.77. The van der Waals surface area contributed by atoms with Crippen molar-refractivity contribution in [3.8, 4) is 5.75 Å². The van der Waals surface area contributed by atoms with Crippen molar-refractivity contribution < 1.29 is 9.53 Å². The highest BCUT2D eigenvalue weighted by Crippen LogP contribution is 2.16. The lowest BCUT2D eigenvalue weighted by Crippen LogP contribution is -2.37. The van der Waals surface area contributed by atoms with E-state index in [0.29, 0.717) is 13.0 Å². The Labute approximate surface area is 130 Å². The van der Waals surface area contributed by atoms with Gasteiger partial charge in [-0.15, -0.1) is 11.3 Å². The number of carbonyl (C=O) groups excluding carboxylic acids is 1. The summed E-state index contributed by atoms with van der Waals surface area (Å²) < 4.78 is 5.73. The summed E-state index contributed by atoms with van der Waals surface area (Å²) in [7, 11) is 0. The average molecular weight is 303 g/mol. The van der Waals surface area contributed by atoms with Crippen molar-refractivity contribution in [1.82, 2.24) is 5.32 Å². The van der Waals surface area contributed by atoms with Gasteiger partial charge in [0.1, 0.15) is 12.4 Å². The summed E-state index contributed by atoms with van der Waals surface area (Å²) in [5.74, 6) is 0.881. The van der Waals surface area contributed by atoms with Gasteiger partial charge in [-0.1, -0.05) is 12.1 Å². The van der Waals surface area contributed by atoms with Crippen molar-refractivity contribution in [1.29, 1.82) is 0 Å². The summed E-state index contributed by atoms with van der Waals surface area (Å²) in [6.45, 7) is 6.56. The van der Waals surface area contributed by atoms with Crippen molar-refractivity contribution in [2.75, 3.05) is 6.61 Å². The Morgan fingerprint density at radius 3 is 2.76 bits per heavy atom. The third-order valence-electron chi connectivity index (χ3n) is 3.30. The number of hydrogen-bond donors (Lipinski definition) is 1. The molecule has 1 aromatic heterocycles. The van der Waals surface area contributed by atoms with Crippen molar-refractivity contribution in [2.24, 2.45) is 0 Å². The Hall–Kier alpha value is -1.81. The van der Waals surface area contributed by atoms with Crippen molar-refractivity contribution in [3.63, 3.8) is 0 Å². The van der Waals surface area contributed by atoms with Gasteiger partial charge in [0.25, 0.3) is 0 Å². The zero-order valence-electron chi connectivity index (χ0n) is 12.7. The highest BCUT2D eigenvalue weighted by molar-refractivity contribution is 7.10. The monoisotopic (exact) mass is 303 g/mol. The molecule has 0 bridgehead atoms.